The van der Waals surface area contributed by atoms with Crippen LogP contribution in [0, 0.1) is 10.1 Å². The molecule has 1 unspecified atom stereocenters. The Morgan fingerprint density at radius 2 is 2.39 bits per heavy atom. The van der Waals surface area contributed by atoms with Gasteiger partial charge in [-0.3, -0.25) is 14.9 Å². The van der Waals surface area contributed by atoms with E-state index in [2.05, 4.69) is 20.2 Å². The Labute approximate surface area is 131 Å². The third-order valence-electron chi connectivity index (χ3n) is 3.82. The highest BCUT2D eigenvalue weighted by Crippen LogP contribution is 2.28. The number of morpholine rings is 1. The average Bonchev–Trinajstić information content (AvgIpc) is 2.52. The van der Waals surface area contributed by atoms with Crippen LogP contribution in [0.15, 0.2) is 23.3 Å². The molecule has 1 atom stereocenters. The van der Waals surface area contributed by atoms with E-state index in [0.29, 0.717) is 24.4 Å². The van der Waals surface area contributed by atoms with Crippen molar-refractivity contribution < 1.29 is 9.66 Å². The molecule has 9 nitrogen and oxygen atoms in total. The first-order chi connectivity index (χ1) is 11.0. The number of nitro benzene ring substituents is 1. The van der Waals surface area contributed by atoms with Gasteiger partial charge in [0.15, 0.2) is 0 Å². The van der Waals surface area contributed by atoms with Gasteiger partial charge in [-0.05, 0) is 13.1 Å². The number of H-pyrrole nitrogens is 1. The van der Waals surface area contributed by atoms with Crippen LogP contribution >= 0.6 is 0 Å². The number of likely N-dealkylation sites (N-methyl/N-ethyl adjacent to an activating group) is 1. The molecule has 2 N–H and O–H groups in total. The SMILES string of the molecule is CN1CCOC(CNc2cc3nc[nH]c(=O)c3cc2[N+](=O)[O-])C1. The van der Waals surface area contributed by atoms with E-state index in [4.69, 9.17) is 4.74 Å². The quantitative estimate of drug-likeness (QED) is 0.625. The molecule has 23 heavy (non-hydrogen) atoms. The van der Waals surface area contributed by atoms with Gasteiger partial charge in [-0.25, -0.2) is 4.98 Å². The summed E-state index contributed by atoms with van der Waals surface area (Å²) < 4.78 is 5.63. The van der Waals surface area contributed by atoms with Crippen LogP contribution in [0.25, 0.3) is 10.9 Å². The molecule has 0 saturated carbocycles. The van der Waals surface area contributed by atoms with E-state index in [9.17, 15) is 14.9 Å². The summed E-state index contributed by atoms with van der Waals surface area (Å²) in [5, 5.41) is 14.5. The minimum absolute atomic E-state index is 0.0452. The van der Waals surface area contributed by atoms with Gasteiger partial charge < -0.3 is 19.9 Å². The second-order valence-corrected chi connectivity index (χ2v) is 5.51. The van der Waals surface area contributed by atoms with E-state index >= 15 is 0 Å². The highest BCUT2D eigenvalue weighted by molar-refractivity contribution is 5.86. The van der Waals surface area contributed by atoms with Gasteiger partial charge >= 0.3 is 0 Å². The van der Waals surface area contributed by atoms with Gasteiger partial charge in [0.05, 0.1) is 34.9 Å². The second kappa shape index (κ2) is 6.31. The number of benzene rings is 1. The highest BCUT2D eigenvalue weighted by Gasteiger charge is 2.21. The van der Waals surface area contributed by atoms with Gasteiger partial charge in [0, 0.05) is 25.7 Å². The monoisotopic (exact) mass is 319 g/mol. The minimum atomic E-state index is -0.512. The number of hydrogen-bond donors (Lipinski definition) is 2. The van der Waals surface area contributed by atoms with Crippen molar-refractivity contribution in [3.8, 4) is 0 Å². The van der Waals surface area contributed by atoms with Crippen molar-refractivity contribution in [1.82, 2.24) is 14.9 Å². The molecule has 1 aliphatic heterocycles. The number of aromatic nitrogens is 2. The summed E-state index contributed by atoms with van der Waals surface area (Å²) in [5.41, 5.74) is 0.183. The highest BCUT2D eigenvalue weighted by atomic mass is 16.6. The fourth-order valence-corrected chi connectivity index (χ4v) is 2.61. The van der Waals surface area contributed by atoms with Crippen molar-refractivity contribution >= 4 is 22.3 Å². The topological polar surface area (TPSA) is 113 Å². The Morgan fingerprint density at radius 3 is 3.13 bits per heavy atom. The fraction of sp³-hybridized carbons (Fsp3) is 0.429. The third kappa shape index (κ3) is 3.30. The van der Waals surface area contributed by atoms with Crippen LogP contribution in [0.4, 0.5) is 11.4 Å². The first-order valence-corrected chi connectivity index (χ1v) is 7.24. The maximum atomic E-state index is 11.7. The number of nitro groups is 1. The normalized spacial score (nSPS) is 18.9. The van der Waals surface area contributed by atoms with Crippen LogP contribution in [0.1, 0.15) is 0 Å². The van der Waals surface area contributed by atoms with Crippen LogP contribution in [-0.4, -0.2) is 59.2 Å². The Kier molecular flexibility index (Phi) is 4.22. The van der Waals surface area contributed by atoms with Crippen LogP contribution in [-0.2, 0) is 4.74 Å². The number of nitrogens with one attached hydrogen (secondary N) is 2. The zero-order chi connectivity index (χ0) is 16.4. The lowest BCUT2D eigenvalue weighted by atomic mass is 10.2. The summed E-state index contributed by atoms with van der Waals surface area (Å²) in [4.78, 5) is 31.1. The predicted octanol–water partition coefficient (Wildman–Crippen LogP) is 0.574. The molecule has 122 valence electrons. The molecule has 2 heterocycles. The molecule has 1 fully saturated rings. The van der Waals surface area contributed by atoms with Crippen LogP contribution < -0.4 is 10.9 Å². The number of fused-ring (bicyclic) bond motifs is 1. The van der Waals surface area contributed by atoms with Gasteiger partial charge in [-0.2, -0.15) is 0 Å². The zero-order valence-corrected chi connectivity index (χ0v) is 12.6. The van der Waals surface area contributed by atoms with Crippen LogP contribution in [0.3, 0.4) is 0 Å². The fourth-order valence-electron chi connectivity index (χ4n) is 2.61. The molecule has 0 radical (unpaired) electrons. The lowest BCUT2D eigenvalue weighted by molar-refractivity contribution is -0.383. The molecule has 1 aliphatic rings. The molecule has 0 aliphatic carbocycles. The van der Waals surface area contributed by atoms with Gasteiger partial charge in [0.25, 0.3) is 11.2 Å². The Morgan fingerprint density at radius 1 is 1.57 bits per heavy atom. The first kappa shape index (κ1) is 15.4. The number of hydrogen-bond acceptors (Lipinski definition) is 7. The molecular formula is C14H17N5O4. The lowest BCUT2D eigenvalue weighted by Crippen LogP contribution is -2.43. The van der Waals surface area contributed by atoms with Gasteiger partial charge in [0.2, 0.25) is 0 Å². The molecule has 0 amide bonds. The summed E-state index contributed by atoms with van der Waals surface area (Å²) in [6.45, 7) is 2.71. The minimum Gasteiger partial charge on any atom is -0.377 e. The Balaban J connectivity index is 1.88. The van der Waals surface area contributed by atoms with Gasteiger partial charge in [-0.15, -0.1) is 0 Å². The second-order valence-electron chi connectivity index (χ2n) is 5.51. The third-order valence-corrected chi connectivity index (χ3v) is 3.82. The van der Waals surface area contributed by atoms with E-state index in [0.717, 1.165) is 13.1 Å². The maximum absolute atomic E-state index is 11.7. The smallest absolute Gasteiger partial charge is 0.293 e. The molecule has 2 aromatic rings. The van der Waals surface area contributed by atoms with Crippen molar-refractivity contribution in [3.63, 3.8) is 0 Å². The molecule has 9 heteroatoms. The van der Waals surface area contributed by atoms with E-state index in [1.54, 1.807) is 0 Å². The Hall–Kier alpha value is -2.52. The van der Waals surface area contributed by atoms with Crippen molar-refractivity contribution in [2.45, 2.75) is 6.10 Å². The van der Waals surface area contributed by atoms with Gasteiger partial charge in [-0.1, -0.05) is 0 Å². The molecular weight excluding hydrogens is 302 g/mol. The van der Waals surface area contributed by atoms with Crippen LogP contribution in [0.5, 0.6) is 0 Å². The molecule has 0 bridgehead atoms. The van der Waals surface area contributed by atoms with Crippen molar-refractivity contribution in [2.75, 3.05) is 38.6 Å². The first-order valence-electron chi connectivity index (χ1n) is 7.24. The largest absolute Gasteiger partial charge is 0.377 e. The van der Waals surface area contributed by atoms with E-state index in [1.807, 2.05) is 7.05 Å². The average molecular weight is 319 g/mol. The van der Waals surface area contributed by atoms with Crippen molar-refractivity contribution in [3.05, 3.63) is 38.9 Å². The van der Waals surface area contributed by atoms with Crippen molar-refractivity contribution in [2.24, 2.45) is 0 Å². The number of ether oxygens (including phenoxy) is 1. The van der Waals surface area contributed by atoms with Gasteiger partial charge in [0.1, 0.15) is 5.69 Å². The van der Waals surface area contributed by atoms with E-state index in [-0.39, 0.29) is 17.2 Å². The Bertz CT molecular complexity index is 790. The molecule has 0 spiro atoms. The summed E-state index contributed by atoms with van der Waals surface area (Å²) in [6, 6.07) is 2.77. The predicted molar refractivity (Wildman–Crippen MR) is 84.7 cm³/mol. The van der Waals surface area contributed by atoms with Crippen LogP contribution in [0.2, 0.25) is 0 Å². The maximum Gasteiger partial charge on any atom is 0.293 e. The van der Waals surface area contributed by atoms with E-state index in [1.165, 1.54) is 18.5 Å². The number of rotatable bonds is 4. The molecule has 1 aromatic heterocycles. The molecule has 3 rings (SSSR count). The lowest BCUT2D eigenvalue weighted by Gasteiger charge is -2.30. The van der Waals surface area contributed by atoms with Crippen molar-refractivity contribution in [1.29, 1.82) is 0 Å². The zero-order valence-electron chi connectivity index (χ0n) is 12.6. The number of anilines is 1. The number of aromatic amines is 1. The summed E-state index contributed by atoms with van der Waals surface area (Å²) >= 11 is 0. The molecule has 1 saturated heterocycles. The molecule has 1 aromatic carbocycles. The summed E-state index contributed by atoms with van der Waals surface area (Å²) in [6.07, 6.45) is 1.23. The number of nitrogens with zero attached hydrogens (tertiary/aromatic N) is 3. The standard InChI is InChI=1S/C14H17N5O4/c1-18-2-3-23-9(7-18)6-15-12-5-11-10(4-13(12)19(21)22)14(20)17-8-16-11/h4-5,8-9,15H,2-3,6-7H2,1H3,(H,16,17,20). The summed E-state index contributed by atoms with van der Waals surface area (Å²) in [7, 11) is 2.00. The van der Waals surface area contributed by atoms with E-state index < -0.39 is 10.5 Å². The summed E-state index contributed by atoms with van der Waals surface area (Å²) in [5.74, 6) is 0.